The molecule has 0 bridgehead atoms. The van der Waals surface area contributed by atoms with E-state index in [0.717, 1.165) is 0 Å². The van der Waals surface area contributed by atoms with Gasteiger partial charge in [0.2, 0.25) is 0 Å². The molecule has 66 valence electrons. The zero-order valence-corrected chi connectivity index (χ0v) is 7.16. The summed E-state index contributed by atoms with van der Waals surface area (Å²) >= 11 is 0. The first kappa shape index (κ1) is 8.58. The van der Waals surface area contributed by atoms with Crippen LogP contribution < -0.4 is 10.6 Å². The Balaban J connectivity index is 2.52. The Hall–Kier alpha value is -1.52. The van der Waals surface area contributed by atoms with Crippen LogP contribution in [-0.2, 0) is 7.05 Å². The predicted molar refractivity (Wildman–Crippen MR) is 45.9 cm³/mol. The van der Waals surface area contributed by atoms with Crippen molar-refractivity contribution in [3.8, 4) is 0 Å². The van der Waals surface area contributed by atoms with Crippen LogP contribution in [0, 0.1) is 0 Å². The summed E-state index contributed by atoms with van der Waals surface area (Å²) in [6.45, 7) is 2.48. The number of carbonyl (C=O) groups excluding carboxylic acids is 1. The SMILES string of the molecule is CCNC(=O)Nc1ccnn1C. The fourth-order valence-corrected chi connectivity index (χ4v) is 0.818. The minimum absolute atomic E-state index is 0.207. The van der Waals surface area contributed by atoms with Crippen molar-refractivity contribution in [2.24, 2.45) is 7.05 Å². The second-order valence-corrected chi connectivity index (χ2v) is 2.32. The van der Waals surface area contributed by atoms with Crippen molar-refractivity contribution in [1.82, 2.24) is 15.1 Å². The summed E-state index contributed by atoms with van der Waals surface area (Å²) in [6.07, 6.45) is 1.63. The van der Waals surface area contributed by atoms with Gasteiger partial charge >= 0.3 is 6.03 Å². The minimum atomic E-state index is -0.207. The average molecular weight is 168 g/mol. The van der Waals surface area contributed by atoms with E-state index in [1.54, 1.807) is 24.0 Å². The van der Waals surface area contributed by atoms with Crippen LogP contribution in [0.2, 0.25) is 0 Å². The zero-order chi connectivity index (χ0) is 8.97. The molecule has 12 heavy (non-hydrogen) atoms. The van der Waals surface area contributed by atoms with Gasteiger partial charge in [-0.2, -0.15) is 5.10 Å². The third-order valence-electron chi connectivity index (χ3n) is 1.40. The van der Waals surface area contributed by atoms with E-state index < -0.39 is 0 Å². The molecule has 1 heterocycles. The van der Waals surface area contributed by atoms with Gasteiger partial charge in [-0.1, -0.05) is 0 Å². The highest BCUT2D eigenvalue weighted by atomic mass is 16.2. The number of rotatable bonds is 2. The van der Waals surface area contributed by atoms with Gasteiger partial charge < -0.3 is 5.32 Å². The van der Waals surface area contributed by atoms with Crippen LogP contribution in [0.4, 0.5) is 10.6 Å². The van der Waals surface area contributed by atoms with Gasteiger partial charge in [0, 0.05) is 19.7 Å². The summed E-state index contributed by atoms with van der Waals surface area (Å²) in [5.41, 5.74) is 0. The zero-order valence-electron chi connectivity index (χ0n) is 7.16. The number of nitrogens with one attached hydrogen (secondary N) is 2. The van der Waals surface area contributed by atoms with Gasteiger partial charge in [-0.25, -0.2) is 4.79 Å². The number of anilines is 1. The summed E-state index contributed by atoms with van der Waals surface area (Å²) < 4.78 is 1.59. The topological polar surface area (TPSA) is 59.0 Å². The van der Waals surface area contributed by atoms with E-state index in [1.807, 2.05) is 6.92 Å². The van der Waals surface area contributed by atoms with E-state index in [1.165, 1.54) is 0 Å². The van der Waals surface area contributed by atoms with Crippen molar-refractivity contribution < 1.29 is 4.79 Å². The molecular weight excluding hydrogens is 156 g/mol. The van der Waals surface area contributed by atoms with Crippen molar-refractivity contribution in [2.45, 2.75) is 6.92 Å². The van der Waals surface area contributed by atoms with Crippen LogP contribution in [0.1, 0.15) is 6.92 Å². The molecule has 0 saturated heterocycles. The molecule has 5 heteroatoms. The normalized spacial score (nSPS) is 9.50. The third kappa shape index (κ3) is 1.98. The van der Waals surface area contributed by atoms with Gasteiger partial charge in [0.15, 0.2) is 0 Å². The minimum Gasteiger partial charge on any atom is -0.338 e. The van der Waals surface area contributed by atoms with E-state index in [2.05, 4.69) is 15.7 Å². The monoisotopic (exact) mass is 168 g/mol. The molecule has 1 aromatic heterocycles. The lowest BCUT2D eigenvalue weighted by atomic mass is 10.6. The lowest BCUT2D eigenvalue weighted by molar-refractivity contribution is 0.252. The highest BCUT2D eigenvalue weighted by Gasteiger charge is 2.01. The van der Waals surface area contributed by atoms with E-state index in [0.29, 0.717) is 12.4 Å². The van der Waals surface area contributed by atoms with Crippen LogP contribution in [0.3, 0.4) is 0 Å². The van der Waals surface area contributed by atoms with E-state index in [-0.39, 0.29) is 6.03 Å². The summed E-state index contributed by atoms with van der Waals surface area (Å²) in [6, 6.07) is 1.52. The predicted octanol–water partition coefficient (Wildman–Crippen LogP) is 0.561. The van der Waals surface area contributed by atoms with E-state index >= 15 is 0 Å². The van der Waals surface area contributed by atoms with Crippen molar-refractivity contribution in [3.05, 3.63) is 12.3 Å². The highest BCUT2D eigenvalue weighted by molar-refractivity contribution is 5.88. The van der Waals surface area contributed by atoms with Crippen LogP contribution in [0.25, 0.3) is 0 Å². The van der Waals surface area contributed by atoms with Gasteiger partial charge in [-0.15, -0.1) is 0 Å². The highest BCUT2D eigenvalue weighted by Crippen LogP contribution is 2.01. The smallest absolute Gasteiger partial charge is 0.320 e. The van der Waals surface area contributed by atoms with Gasteiger partial charge in [0.1, 0.15) is 5.82 Å². The first-order chi connectivity index (χ1) is 5.74. The van der Waals surface area contributed by atoms with Crippen LogP contribution in [-0.4, -0.2) is 22.4 Å². The first-order valence-electron chi connectivity index (χ1n) is 3.77. The van der Waals surface area contributed by atoms with Crippen molar-refractivity contribution in [3.63, 3.8) is 0 Å². The van der Waals surface area contributed by atoms with Gasteiger partial charge in [-0.3, -0.25) is 10.00 Å². The lowest BCUT2D eigenvalue weighted by Gasteiger charge is -2.04. The Bertz CT molecular complexity index is 268. The molecule has 0 aliphatic carbocycles. The van der Waals surface area contributed by atoms with Crippen molar-refractivity contribution in [2.75, 3.05) is 11.9 Å². The average Bonchev–Trinajstić information content (AvgIpc) is 2.37. The fraction of sp³-hybridized carbons (Fsp3) is 0.429. The number of urea groups is 1. The number of hydrogen-bond donors (Lipinski definition) is 2. The molecule has 2 amide bonds. The quantitative estimate of drug-likeness (QED) is 0.678. The number of carbonyl (C=O) groups is 1. The van der Waals surface area contributed by atoms with Gasteiger partial charge in [-0.05, 0) is 6.92 Å². The summed E-state index contributed by atoms with van der Waals surface area (Å²) in [4.78, 5) is 11.0. The van der Waals surface area contributed by atoms with Crippen LogP contribution in [0.15, 0.2) is 12.3 Å². The number of aryl methyl sites for hydroxylation is 1. The molecule has 1 rings (SSSR count). The summed E-state index contributed by atoms with van der Waals surface area (Å²) in [5.74, 6) is 0.681. The Morgan fingerprint density at radius 3 is 3.00 bits per heavy atom. The Labute approximate surface area is 70.8 Å². The largest absolute Gasteiger partial charge is 0.338 e. The Kier molecular flexibility index (Phi) is 2.68. The number of aromatic nitrogens is 2. The standard InChI is InChI=1S/C7H12N4O/c1-3-8-7(12)10-6-4-5-9-11(6)2/h4-5H,3H2,1-2H3,(H2,8,10,12). The van der Waals surface area contributed by atoms with E-state index in [4.69, 9.17) is 0 Å². The lowest BCUT2D eigenvalue weighted by Crippen LogP contribution is -2.29. The molecular formula is C7H12N4O. The maximum atomic E-state index is 11.0. The second-order valence-electron chi connectivity index (χ2n) is 2.32. The van der Waals surface area contributed by atoms with Crippen molar-refractivity contribution >= 4 is 11.8 Å². The molecule has 0 aliphatic heterocycles. The maximum Gasteiger partial charge on any atom is 0.320 e. The maximum absolute atomic E-state index is 11.0. The molecule has 1 aromatic rings. The molecule has 5 nitrogen and oxygen atoms in total. The van der Waals surface area contributed by atoms with Gasteiger partial charge in [0.25, 0.3) is 0 Å². The molecule has 0 aromatic carbocycles. The molecule has 0 aliphatic rings. The third-order valence-corrected chi connectivity index (χ3v) is 1.40. The van der Waals surface area contributed by atoms with Gasteiger partial charge in [0.05, 0.1) is 6.20 Å². The summed E-state index contributed by atoms with van der Waals surface area (Å²) in [5, 5.41) is 9.17. The molecule has 0 radical (unpaired) electrons. The number of hydrogen-bond acceptors (Lipinski definition) is 2. The first-order valence-corrected chi connectivity index (χ1v) is 3.77. The van der Waals surface area contributed by atoms with Crippen LogP contribution in [0.5, 0.6) is 0 Å². The second kappa shape index (κ2) is 3.75. The molecule has 0 unspecified atom stereocenters. The molecule has 0 atom stereocenters. The molecule has 0 spiro atoms. The molecule has 0 fully saturated rings. The Morgan fingerprint density at radius 2 is 2.50 bits per heavy atom. The van der Waals surface area contributed by atoms with Crippen molar-refractivity contribution in [1.29, 1.82) is 0 Å². The number of nitrogens with zero attached hydrogens (tertiary/aromatic N) is 2. The number of amides is 2. The molecule has 0 saturated carbocycles. The van der Waals surface area contributed by atoms with E-state index in [9.17, 15) is 4.79 Å². The fourth-order valence-electron chi connectivity index (χ4n) is 0.818. The molecule has 2 N–H and O–H groups in total. The Morgan fingerprint density at radius 1 is 1.75 bits per heavy atom. The summed E-state index contributed by atoms with van der Waals surface area (Å²) in [7, 11) is 1.77. The van der Waals surface area contributed by atoms with Crippen LogP contribution >= 0.6 is 0 Å².